The fraction of sp³-hybridized carbons (Fsp3) is 0.133. The summed E-state index contributed by atoms with van der Waals surface area (Å²) in [6, 6.07) is 9.08. The number of nitrogens with zero attached hydrogens (tertiary/aromatic N) is 2. The van der Waals surface area contributed by atoms with Gasteiger partial charge in [0.25, 0.3) is 0 Å². The maximum atomic E-state index is 11.7. The number of amidine groups is 1. The number of benzene rings is 1. The quantitative estimate of drug-likeness (QED) is 0.871. The van der Waals surface area contributed by atoms with E-state index in [0.29, 0.717) is 16.2 Å². The molecule has 1 atom stereocenters. The Morgan fingerprint density at radius 3 is 2.67 bits per heavy atom. The third kappa shape index (κ3) is 2.54. The van der Waals surface area contributed by atoms with Gasteiger partial charge in [0.2, 0.25) is 0 Å². The van der Waals surface area contributed by atoms with Crippen LogP contribution in [0.2, 0.25) is 5.02 Å². The molecule has 1 aliphatic rings. The van der Waals surface area contributed by atoms with E-state index < -0.39 is 5.92 Å². The fourth-order valence-corrected chi connectivity index (χ4v) is 2.53. The average Bonchev–Trinajstić information content (AvgIpc) is 2.46. The molecule has 21 heavy (non-hydrogen) atoms. The van der Waals surface area contributed by atoms with Gasteiger partial charge in [-0.05, 0) is 11.6 Å². The van der Waals surface area contributed by atoms with Crippen LogP contribution in [0.3, 0.4) is 0 Å². The van der Waals surface area contributed by atoms with Crippen molar-refractivity contribution in [2.75, 3.05) is 0 Å². The highest BCUT2D eigenvalue weighted by Crippen LogP contribution is 2.39. The Morgan fingerprint density at radius 1 is 1.48 bits per heavy atom. The molecule has 1 aliphatic heterocycles. The number of nitrogens with two attached hydrogens (primary N) is 2. The minimum absolute atomic E-state index is 0.0468. The second kappa shape index (κ2) is 5.81. The van der Waals surface area contributed by atoms with Gasteiger partial charge in [0.1, 0.15) is 11.5 Å². The summed E-state index contributed by atoms with van der Waals surface area (Å²) < 4.78 is 0. The molecular weight excluding hydrogens is 288 g/mol. The van der Waals surface area contributed by atoms with Crippen LogP contribution in [0.1, 0.15) is 18.4 Å². The van der Waals surface area contributed by atoms with E-state index in [1.54, 1.807) is 24.3 Å². The number of ketones is 1. The van der Waals surface area contributed by atoms with Gasteiger partial charge in [-0.3, -0.25) is 4.79 Å². The summed E-state index contributed by atoms with van der Waals surface area (Å²) in [4.78, 5) is 15.7. The Bertz CT molecular complexity index is 740. The first-order valence-corrected chi connectivity index (χ1v) is 6.55. The summed E-state index contributed by atoms with van der Waals surface area (Å²) in [7, 11) is 0. The van der Waals surface area contributed by atoms with Crippen LogP contribution >= 0.6 is 11.6 Å². The molecule has 0 fully saturated rings. The topological polar surface area (TPSA) is 105 Å². The number of hydrogen-bond donors (Lipinski definition) is 2. The first-order chi connectivity index (χ1) is 10.0. The van der Waals surface area contributed by atoms with Crippen LogP contribution in [0.4, 0.5) is 0 Å². The number of hydrogen-bond acceptors (Lipinski definition) is 5. The molecule has 1 heterocycles. The highest BCUT2D eigenvalue weighted by molar-refractivity contribution is 6.31. The van der Waals surface area contributed by atoms with Gasteiger partial charge in [-0.15, -0.1) is 0 Å². The summed E-state index contributed by atoms with van der Waals surface area (Å²) in [5.74, 6) is -0.806. The van der Waals surface area contributed by atoms with Crippen LogP contribution in [0.15, 0.2) is 52.3 Å². The Balaban J connectivity index is 2.77. The molecule has 1 aromatic rings. The third-order valence-electron chi connectivity index (χ3n) is 3.23. The number of Topliss-reactive ketones (excluding diaryl/α,β-unsaturated/α-hetero) is 1. The molecule has 0 amide bonds. The molecule has 1 aromatic carbocycles. The first-order valence-electron chi connectivity index (χ1n) is 6.17. The molecule has 0 aromatic heterocycles. The lowest BCUT2D eigenvalue weighted by atomic mass is 9.81. The normalized spacial score (nSPS) is 20.1. The van der Waals surface area contributed by atoms with E-state index >= 15 is 0 Å². The summed E-state index contributed by atoms with van der Waals surface area (Å²) in [6.45, 7) is 1.34. The van der Waals surface area contributed by atoms with Gasteiger partial charge in [-0.2, -0.15) is 5.26 Å². The zero-order valence-corrected chi connectivity index (χ0v) is 12.1. The number of carbonyl (C=O) groups is 1. The number of carbonyl (C=O) groups excluding carboxylic acids is 1. The van der Waals surface area contributed by atoms with E-state index in [1.807, 2.05) is 6.07 Å². The SMILES string of the molecule is CC(=O)C1=C(C#N)C(c2ccccc2Cl)/C(=C/N)C(N)=N1. The molecule has 0 bridgehead atoms. The molecule has 106 valence electrons. The average molecular weight is 301 g/mol. The Labute approximate surface area is 127 Å². The van der Waals surface area contributed by atoms with E-state index in [0.717, 1.165) is 0 Å². The van der Waals surface area contributed by atoms with E-state index in [9.17, 15) is 10.1 Å². The molecule has 0 radical (unpaired) electrons. The molecule has 0 spiro atoms. The van der Waals surface area contributed by atoms with E-state index in [-0.39, 0.29) is 22.9 Å². The molecule has 6 heteroatoms. The van der Waals surface area contributed by atoms with Crippen LogP contribution in [0.25, 0.3) is 0 Å². The molecule has 5 nitrogen and oxygen atoms in total. The summed E-state index contributed by atoms with van der Waals surface area (Å²) in [6.07, 6.45) is 1.29. The van der Waals surface area contributed by atoms with Crippen molar-refractivity contribution < 1.29 is 4.79 Å². The lowest BCUT2D eigenvalue weighted by molar-refractivity contribution is -0.113. The number of aliphatic imine (C=N–C) groups is 1. The van der Waals surface area contributed by atoms with Crippen molar-refractivity contribution in [3.63, 3.8) is 0 Å². The number of rotatable bonds is 2. The van der Waals surface area contributed by atoms with Crippen molar-refractivity contribution in [1.29, 1.82) is 5.26 Å². The van der Waals surface area contributed by atoms with E-state index in [1.165, 1.54) is 13.1 Å². The molecule has 2 rings (SSSR count). The molecular formula is C15H13ClN4O. The molecule has 4 N–H and O–H groups in total. The van der Waals surface area contributed by atoms with Crippen molar-refractivity contribution in [1.82, 2.24) is 0 Å². The zero-order chi connectivity index (χ0) is 15.6. The lowest BCUT2D eigenvalue weighted by Crippen LogP contribution is -2.28. The maximum absolute atomic E-state index is 11.7. The molecule has 1 unspecified atom stereocenters. The monoisotopic (exact) mass is 300 g/mol. The molecule has 0 saturated carbocycles. The van der Waals surface area contributed by atoms with Crippen LogP contribution < -0.4 is 11.5 Å². The summed E-state index contributed by atoms with van der Waals surface area (Å²) >= 11 is 6.21. The lowest BCUT2D eigenvalue weighted by Gasteiger charge is -2.25. The van der Waals surface area contributed by atoms with Crippen molar-refractivity contribution in [2.24, 2.45) is 16.5 Å². The molecule has 0 saturated heterocycles. The van der Waals surface area contributed by atoms with Crippen molar-refractivity contribution in [3.8, 4) is 6.07 Å². The first kappa shape index (κ1) is 14.8. The van der Waals surface area contributed by atoms with Crippen LogP contribution in [0, 0.1) is 11.3 Å². The van der Waals surface area contributed by atoms with Crippen LogP contribution in [-0.4, -0.2) is 11.6 Å². The van der Waals surface area contributed by atoms with Crippen molar-refractivity contribution >= 4 is 23.2 Å². The number of halogens is 1. The van der Waals surface area contributed by atoms with E-state index in [4.69, 9.17) is 23.1 Å². The van der Waals surface area contributed by atoms with Gasteiger partial charge < -0.3 is 11.5 Å². The van der Waals surface area contributed by atoms with Gasteiger partial charge in [0.15, 0.2) is 5.78 Å². The smallest absolute Gasteiger partial charge is 0.179 e. The summed E-state index contributed by atoms with van der Waals surface area (Å²) in [5.41, 5.74) is 12.9. The van der Waals surface area contributed by atoms with Crippen molar-refractivity contribution in [3.05, 3.63) is 57.9 Å². The van der Waals surface area contributed by atoms with Gasteiger partial charge >= 0.3 is 0 Å². The van der Waals surface area contributed by atoms with Crippen LogP contribution in [-0.2, 0) is 4.79 Å². The van der Waals surface area contributed by atoms with Crippen molar-refractivity contribution in [2.45, 2.75) is 12.8 Å². The maximum Gasteiger partial charge on any atom is 0.179 e. The largest absolute Gasteiger partial charge is 0.404 e. The minimum Gasteiger partial charge on any atom is -0.404 e. The van der Waals surface area contributed by atoms with Gasteiger partial charge in [0, 0.05) is 23.7 Å². The summed E-state index contributed by atoms with van der Waals surface area (Å²) in [5, 5.41) is 9.92. The van der Waals surface area contributed by atoms with Gasteiger partial charge in [0.05, 0.1) is 17.6 Å². The molecule has 0 aliphatic carbocycles. The number of nitriles is 1. The van der Waals surface area contributed by atoms with Gasteiger partial charge in [-0.1, -0.05) is 29.8 Å². The standard InChI is InChI=1S/C15H13ClN4O/c1-8(21)14-10(6-17)13(11(7-18)15(19)20-14)9-4-2-3-5-12(9)16/h2-5,7,13H,18H2,1H3,(H2,19,20)/b11-7-. The number of allylic oxidation sites excluding steroid dienone is 2. The zero-order valence-electron chi connectivity index (χ0n) is 11.3. The minimum atomic E-state index is -0.593. The van der Waals surface area contributed by atoms with Crippen LogP contribution in [0.5, 0.6) is 0 Å². The highest BCUT2D eigenvalue weighted by atomic mass is 35.5. The van der Waals surface area contributed by atoms with Gasteiger partial charge in [-0.25, -0.2) is 4.99 Å². The Hall–Kier alpha value is -2.58. The second-order valence-electron chi connectivity index (χ2n) is 4.50. The Kier molecular flexibility index (Phi) is 4.10. The highest BCUT2D eigenvalue weighted by Gasteiger charge is 2.33. The predicted octanol–water partition coefficient (Wildman–Crippen LogP) is 2.00. The Morgan fingerprint density at radius 2 is 2.14 bits per heavy atom. The predicted molar refractivity (Wildman–Crippen MR) is 81.4 cm³/mol. The fourth-order valence-electron chi connectivity index (χ4n) is 2.29. The van der Waals surface area contributed by atoms with E-state index in [2.05, 4.69) is 4.99 Å². The second-order valence-corrected chi connectivity index (χ2v) is 4.91. The third-order valence-corrected chi connectivity index (χ3v) is 3.58.